The van der Waals surface area contributed by atoms with Crippen molar-refractivity contribution in [2.24, 2.45) is 0 Å². The minimum absolute atomic E-state index is 0.0768. The van der Waals surface area contributed by atoms with Gasteiger partial charge in [0.2, 0.25) is 0 Å². The van der Waals surface area contributed by atoms with E-state index in [0.29, 0.717) is 49.9 Å². The third kappa shape index (κ3) is 4.37. The van der Waals surface area contributed by atoms with Crippen molar-refractivity contribution in [2.75, 3.05) is 20.2 Å². The standard InChI is InChI=1S/C28H23FN4O5S/c1-37-25-14-22-24(13-21(25)17-3-2-4-19(12-17)38-39(29,35)36)33(18-7-9-31-10-8-18)28-26(27(22)34)20-6-5-16(15-30)11-23(20)32-28/h2-6,11-14,18,31-32H,7-10H2,1H3. The quantitative estimate of drug-likeness (QED) is 0.306. The molecule has 1 saturated heterocycles. The summed E-state index contributed by atoms with van der Waals surface area (Å²) in [6.07, 6.45) is 1.68. The molecule has 198 valence electrons. The molecular weight excluding hydrogens is 523 g/mol. The maximum absolute atomic E-state index is 14.0. The number of halogens is 1. The molecule has 1 aliphatic heterocycles. The van der Waals surface area contributed by atoms with Crippen LogP contribution in [0.2, 0.25) is 0 Å². The van der Waals surface area contributed by atoms with E-state index in [1.54, 1.807) is 36.4 Å². The second-order valence-corrected chi connectivity index (χ2v) is 10.4. The molecule has 0 spiro atoms. The van der Waals surface area contributed by atoms with Crippen LogP contribution in [0.4, 0.5) is 3.89 Å². The van der Waals surface area contributed by atoms with E-state index in [1.165, 1.54) is 19.2 Å². The largest absolute Gasteiger partial charge is 0.496 e. The third-order valence-electron chi connectivity index (χ3n) is 7.21. The summed E-state index contributed by atoms with van der Waals surface area (Å²) >= 11 is 0. The van der Waals surface area contributed by atoms with Crippen LogP contribution in [0.1, 0.15) is 24.4 Å². The van der Waals surface area contributed by atoms with Crippen LogP contribution < -0.4 is 19.7 Å². The van der Waals surface area contributed by atoms with Gasteiger partial charge in [0.1, 0.15) is 17.1 Å². The van der Waals surface area contributed by atoms with Crippen molar-refractivity contribution in [1.82, 2.24) is 14.9 Å². The summed E-state index contributed by atoms with van der Waals surface area (Å²) in [6, 6.07) is 17.0. The van der Waals surface area contributed by atoms with Crippen molar-refractivity contribution in [3.05, 3.63) is 70.4 Å². The van der Waals surface area contributed by atoms with Crippen molar-refractivity contribution < 1.29 is 21.2 Å². The summed E-state index contributed by atoms with van der Waals surface area (Å²) in [7, 11) is -3.72. The van der Waals surface area contributed by atoms with E-state index in [9.17, 15) is 22.4 Å². The van der Waals surface area contributed by atoms with Gasteiger partial charge in [-0.15, -0.1) is 0 Å². The van der Waals surface area contributed by atoms with Gasteiger partial charge in [-0.25, -0.2) is 0 Å². The lowest BCUT2D eigenvalue weighted by molar-refractivity contribution is 0.381. The van der Waals surface area contributed by atoms with Gasteiger partial charge in [0.05, 0.1) is 35.0 Å². The zero-order valence-corrected chi connectivity index (χ0v) is 21.6. The Hall–Kier alpha value is -4.40. The molecule has 6 rings (SSSR count). The van der Waals surface area contributed by atoms with Gasteiger partial charge in [-0.1, -0.05) is 22.1 Å². The lowest BCUT2D eigenvalue weighted by Gasteiger charge is -2.28. The van der Waals surface area contributed by atoms with Crippen LogP contribution in [-0.2, 0) is 10.5 Å². The van der Waals surface area contributed by atoms with Gasteiger partial charge in [0.15, 0.2) is 5.43 Å². The van der Waals surface area contributed by atoms with Gasteiger partial charge >= 0.3 is 10.5 Å². The monoisotopic (exact) mass is 546 g/mol. The van der Waals surface area contributed by atoms with Crippen LogP contribution in [0.5, 0.6) is 11.5 Å². The Kier molecular flexibility index (Phi) is 6.01. The van der Waals surface area contributed by atoms with Crippen LogP contribution in [0, 0.1) is 11.3 Å². The summed E-state index contributed by atoms with van der Waals surface area (Å²) in [5.41, 5.74) is 3.45. The third-order valence-corrected chi connectivity index (χ3v) is 7.60. The average molecular weight is 547 g/mol. The summed E-state index contributed by atoms with van der Waals surface area (Å²) < 4.78 is 47.6. The first kappa shape index (κ1) is 24.9. The zero-order valence-electron chi connectivity index (χ0n) is 20.8. The first-order valence-corrected chi connectivity index (χ1v) is 13.7. The summed E-state index contributed by atoms with van der Waals surface area (Å²) in [5.74, 6) is 0.204. The molecule has 0 radical (unpaired) electrons. The molecule has 3 aromatic carbocycles. The molecule has 0 aliphatic carbocycles. The first-order valence-electron chi connectivity index (χ1n) is 12.3. The highest BCUT2D eigenvalue weighted by Gasteiger charge is 2.24. The number of aromatic nitrogens is 2. The molecule has 2 N–H and O–H groups in total. The van der Waals surface area contributed by atoms with Crippen molar-refractivity contribution in [1.29, 1.82) is 5.26 Å². The molecule has 1 aliphatic rings. The molecule has 11 heteroatoms. The second-order valence-electron chi connectivity index (χ2n) is 9.47. The fourth-order valence-corrected chi connectivity index (χ4v) is 5.87. The van der Waals surface area contributed by atoms with Gasteiger partial charge in [0.25, 0.3) is 0 Å². The Bertz CT molecular complexity index is 1990. The molecule has 5 aromatic rings. The number of rotatable bonds is 5. The van der Waals surface area contributed by atoms with Crippen molar-refractivity contribution in [2.45, 2.75) is 18.9 Å². The highest BCUT2D eigenvalue weighted by molar-refractivity contribution is 7.81. The van der Waals surface area contributed by atoms with E-state index in [-0.39, 0.29) is 17.2 Å². The summed E-state index contributed by atoms with van der Waals surface area (Å²) in [6.45, 7) is 1.64. The molecule has 0 atom stereocenters. The number of hydrogen-bond donors (Lipinski definition) is 2. The number of hydrogen-bond acceptors (Lipinski definition) is 7. The van der Waals surface area contributed by atoms with Gasteiger partial charge in [-0.05, 0) is 67.9 Å². The fraction of sp³-hybridized carbons (Fsp3) is 0.214. The molecule has 0 amide bonds. The van der Waals surface area contributed by atoms with Crippen molar-refractivity contribution in [3.8, 4) is 28.7 Å². The number of nitrogens with zero attached hydrogens (tertiary/aromatic N) is 2. The Morgan fingerprint density at radius 1 is 1.08 bits per heavy atom. The number of piperidine rings is 1. The molecule has 1 fully saturated rings. The number of nitrogens with one attached hydrogen (secondary N) is 2. The zero-order chi connectivity index (χ0) is 27.3. The highest BCUT2D eigenvalue weighted by atomic mass is 32.3. The number of aromatic amines is 1. The first-order chi connectivity index (χ1) is 18.8. The second kappa shape index (κ2) is 9.41. The molecule has 0 unspecified atom stereocenters. The molecule has 9 nitrogen and oxygen atoms in total. The van der Waals surface area contributed by atoms with Crippen molar-refractivity contribution in [3.63, 3.8) is 0 Å². The van der Waals surface area contributed by atoms with E-state index in [1.807, 2.05) is 6.07 Å². The molecule has 0 saturated carbocycles. The molecular formula is C28H23FN4O5S. The van der Waals surface area contributed by atoms with Crippen LogP contribution in [0.3, 0.4) is 0 Å². The van der Waals surface area contributed by atoms with Crippen LogP contribution >= 0.6 is 0 Å². The number of pyridine rings is 1. The predicted molar refractivity (Wildman–Crippen MR) is 146 cm³/mol. The Morgan fingerprint density at radius 3 is 2.59 bits per heavy atom. The van der Waals surface area contributed by atoms with Gasteiger partial charge in [-0.2, -0.15) is 13.7 Å². The Labute approximate surface area is 222 Å². The highest BCUT2D eigenvalue weighted by Crippen LogP contribution is 2.39. The number of methoxy groups -OCH3 is 1. The van der Waals surface area contributed by atoms with E-state index in [2.05, 4.69) is 25.1 Å². The number of ether oxygens (including phenoxy) is 1. The van der Waals surface area contributed by atoms with E-state index < -0.39 is 10.5 Å². The number of benzene rings is 3. The van der Waals surface area contributed by atoms with Crippen LogP contribution in [0.15, 0.2) is 59.4 Å². The molecule has 2 aromatic heterocycles. The summed E-state index contributed by atoms with van der Waals surface area (Å²) in [4.78, 5) is 17.4. The minimum Gasteiger partial charge on any atom is -0.496 e. The van der Waals surface area contributed by atoms with E-state index in [0.717, 1.165) is 31.3 Å². The number of nitriles is 1. The van der Waals surface area contributed by atoms with Gasteiger partial charge in [-0.3, -0.25) is 4.79 Å². The Morgan fingerprint density at radius 2 is 1.87 bits per heavy atom. The van der Waals surface area contributed by atoms with Gasteiger partial charge in [0, 0.05) is 22.5 Å². The number of H-pyrrole nitrogens is 1. The topological polar surface area (TPSA) is 126 Å². The smallest absolute Gasteiger partial charge is 0.488 e. The van der Waals surface area contributed by atoms with Gasteiger partial charge < -0.3 is 23.8 Å². The summed E-state index contributed by atoms with van der Waals surface area (Å²) in [5, 5.41) is 14.5. The molecule has 0 bridgehead atoms. The maximum Gasteiger partial charge on any atom is 0.488 e. The van der Waals surface area contributed by atoms with E-state index >= 15 is 0 Å². The number of fused-ring (bicyclic) bond motifs is 4. The minimum atomic E-state index is -5.20. The fourth-order valence-electron chi connectivity index (χ4n) is 5.54. The van der Waals surface area contributed by atoms with Crippen LogP contribution in [0.25, 0.3) is 44.0 Å². The normalized spacial score (nSPS) is 14.6. The lowest BCUT2D eigenvalue weighted by atomic mass is 9.99. The SMILES string of the molecule is COc1cc2c(=O)c3c4ccc(C#N)cc4[nH]c3n(C3CCNCC3)c2cc1-c1cccc(OS(=O)(=O)F)c1. The lowest BCUT2D eigenvalue weighted by Crippen LogP contribution is -2.30. The average Bonchev–Trinajstić information content (AvgIpc) is 3.31. The van der Waals surface area contributed by atoms with Crippen molar-refractivity contribution >= 4 is 43.3 Å². The van der Waals surface area contributed by atoms with Crippen LogP contribution in [-0.4, -0.2) is 38.2 Å². The predicted octanol–water partition coefficient (Wildman–Crippen LogP) is 4.70. The molecule has 39 heavy (non-hydrogen) atoms. The maximum atomic E-state index is 14.0. The van der Waals surface area contributed by atoms with E-state index in [4.69, 9.17) is 4.74 Å². The Balaban J connectivity index is 1.69. The molecule has 3 heterocycles.